The van der Waals surface area contributed by atoms with Crippen LogP contribution < -0.4 is 10.1 Å². The summed E-state index contributed by atoms with van der Waals surface area (Å²) < 4.78 is 11.0. The summed E-state index contributed by atoms with van der Waals surface area (Å²) in [4.78, 5) is 12.4. The Morgan fingerprint density at radius 3 is 2.77 bits per heavy atom. The molecule has 1 aliphatic heterocycles. The molecule has 1 atom stereocenters. The van der Waals surface area contributed by atoms with Gasteiger partial charge in [-0.2, -0.15) is 0 Å². The van der Waals surface area contributed by atoms with Crippen LogP contribution in [-0.4, -0.2) is 12.9 Å². The maximum absolute atomic E-state index is 12.4. The van der Waals surface area contributed by atoms with Gasteiger partial charge in [-0.25, -0.2) is 0 Å². The SMILES string of the molecule is COc1ccc2oc3c(c2c1)NC(c1ccccc1)CC3=O. The maximum Gasteiger partial charge on any atom is 0.202 e. The Labute approximate surface area is 127 Å². The number of nitrogens with one attached hydrogen (secondary N) is 1. The van der Waals surface area contributed by atoms with Crippen LogP contribution in [0, 0.1) is 0 Å². The highest BCUT2D eigenvalue weighted by Crippen LogP contribution is 2.40. The Morgan fingerprint density at radius 2 is 2.00 bits per heavy atom. The molecule has 0 bridgehead atoms. The number of ketones is 1. The van der Waals surface area contributed by atoms with Crippen molar-refractivity contribution in [2.45, 2.75) is 12.5 Å². The van der Waals surface area contributed by atoms with Crippen molar-refractivity contribution in [1.29, 1.82) is 0 Å². The van der Waals surface area contributed by atoms with Crippen molar-refractivity contribution in [2.24, 2.45) is 0 Å². The quantitative estimate of drug-likeness (QED) is 0.770. The van der Waals surface area contributed by atoms with Gasteiger partial charge in [-0.05, 0) is 23.8 Å². The van der Waals surface area contributed by atoms with Crippen LogP contribution in [0.5, 0.6) is 5.75 Å². The van der Waals surface area contributed by atoms with Gasteiger partial charge in [-0.3, -0.25) is 4.79 Å². The number of furan rings is 1. The summed E-state index contributed by atoms with van der Waals surface area (Å²) in [6.07, 6.45) is 0.397. The highest BCUT2D eigenvalue weighted by molar-refractivity contribution is 6.09. The number of carbonyl (C=O) groups excluding carboxylic acids is 1. The molecule has 0 saturated carbocycles. The first-order valence-corrected chi connectivity index (χ1v) is 7.21. The molecule has 1 N–H and O–H groups in total. The van der Waals surface area contributed by atoms with E-state index < -0.39 is 0 Å². The Hall–Kier alpha value is -2.75. The summed E-state index contributed by atoms with van der Waals surface area (Å²) in [5, 5.41) is 4.33. The Bertz CT molecular complexity index is 851. The predicted molar refractivity (Wildman–Crippen MR) is 84.5 cm³/mol. The van der Waals surface area contributed by atoms with Crippen molar-refractivity contribution in [3.63, 3.8) is 0 Å². The zero-order chi connectivity index (χ0) is 15.1. The number of rotatable bonds is 2. The van der Waals surface area contributed by atoms with E-state index in [-0.39, 0.29) is 11.8 Å². The van der Waals surface area contributed by atoms with Gasteiger partial charge in [0.15, 0.2) is 5.76 Å². The van der Waals surface area contributed by atoms with Gasteiger partial charge < -0.3 is 14.5 Å². The minimum atomic E-state index is -0.0341. The molecule has 0 fully saturated rings. The molecule has 2 heterocycles. The second kappa shape index (κ2) is 4.91. The molecule has 4 rings (SSSR count). The minimum Gasteiger partial charge on any atom is -0.497 e. The highest BCUT2D eigenvalue weighted by atomic mass is 16.5. The van der Waals surface area contributed by atoms with Crippen LogP contribution in [0.15, 0.2) is 52.9 Å². The molecular formula is C18H15NO3. The topological polar surface area (TPSA) is 51.5 Å². The summed E-state index contributed by atoms with van der Waals surface area (Å²) in [5.41, 5.74) is 2.55. The number of Topliss-reactive ketones (excluding diaryl/α,β-unsaturated/α-hetero) is 1. The number of hydrogen-bond acceptors (Lipinski definition) is 4. The van der Waals surface area contributed by atoms with Crippen LogP contribution in [0.25, 0.3) is 11.0 Å². The van der Waals surface area contributed by atoms with E-state index in [0.717, 1.165) is 22.4 Å². The molecule has 2 aromatic carbocycles. The van der Waals surface area contributed by atoms with E-state index in [1.165, 1.54) is 0 Å². The van der Waals surface area contributed by atoms with Crippen molar-refractivity contribution in [2.75, 3.05) is 12.4 Å². The van der Waals surface area contributed by atoms with Crippen molar-refractivity contribution in [3.05, 3.63) is 59.9 Å². The number of benzene rings is 2. The maximum atomic E-state index is 12.4. The summed E-state index contributed by atoms with van der Waals surface area (Å²) >= 11 is 0. The number of fused-ring (bicyclic) bond motifs is 3. The molecule has 0 spiro atoms. The summed E-state index contributed by atoms with van der Waals surface area (Å²) in [7, 11) is 1.62. The second-order valence-corrected chi connectivity index (χ2v) is 5.40. The van der Waals surface area contributed by atoms with Gasteiger partial charge in [-0.15, -0.1) is 0 Å². The monoisotopic (exact) mass is 293 g/mol. The number of ether oxygens (including phenoxy) is 1. The largest absolute Gasteiger partial charge is 0.497 e. The molecule has 0 radical (unpaired) electrons. The Balaban J connectivity index is 1.83. The van der Waals surface area contributed by atoms with Gasteiger partial charge in [-0.1, -0.05) is 30.3 Å². The van der Waals surface area contributed by atoms with Gasteiger partial charge in [0.05, 0.1) is 18.8 Å². The lowest BCUT2D eigenvalue weighted by Gasteiger charge is -2.23. The van der Waals surface area contributed by atoms with Crippen LogP contribution >= 0.6 is 0 Å². The molecule has 1 aliphatic rings. The van der Waals surface area contributed by atoms with Gasteiger partial charge in [0.2, 0.25) is 5.78 Å². The van der Waals surface area contributed by atoms with Crippen LogP contribution in [0.3, 0.4) is 0 Å². The molecule has 1 aromatic heterocycles. The lowest BCUT2D eigenvalue weighted by Crippen LogP contribution is -2.21. The van der Waals surface area contributed by atoms with Crippen LogP contribution in [0.2, 0.25) is 0 Å². The number of anilines is 1. The minimum absolute atomic E-state index is 0.0257. The summed E-state index contributed by atoms with van der Waals surface area (Å²) in [5.74, 6) is 1.18. The van der Waals surface area contributed by atoms with Crippen molar-refractivity contribution < 1.29 is 13.9 Å². The first kappa shape index (κ1) is 13.0. The Kier molecular flexibility index (Phi) is 2.89. The highest BCUT2D eigenvalue weighted by Gasteiger charge is 2.30. The van der Waals surface area contributed by atoms with Gasteiger partial charge in [0, 0.05) is 11.8 Å². The van der Waals surface area contributed by atoms with E-state index in [1.54, 1.807) is 7.11 Å². The third kappa shape index (κ3) is 1.96. The van der Waals surface area contributed by atoms with Crippen LogP contribution in [0.4, 0.5) is 5.69 Å². The lowest BCUT2D eigenvalue weighted by molar-refractivity contribution is 0.0946. The first-order valence-electron chi connectivity index (χ1n) is 7.21. The molecule has 22 heavy (non-hydrogen) atoms. The lowest BCUT2D eigenvalue weighted by atomic mass is 9.95. The van der Waals surface area contributed by atoms with Crippen molar-refractivity contribution in [3.8, 4) is 5.75 Å². The molecule has 3 aromatic rings. The van der Waals surface area contributed by atoms with E-state index in [1.807, 2.05) is 48.5 Å². The zero-order valence-corrected chi connectivity index (χ0v) is 12.1. The molecular weight excluding hydrogens is 278 g/mol. The molecule has 0 aliphatic carbocycles. The van der Waals surface area contributed by atoms with Crippen molar-refractivity contribution >= 4 is 22.4 Å². The average Bonchev–Trinajstić information content (AvgIpc) is 2.94. The normalized spacial score (nSPS) is 17.1. The predicted octanol–water partition coefficient (Wildman–Crippen LogP) is 4.18. The van der Waals surface area contributed by atoms with E-state index in [0.29, 0.717) is 17.8 Å². The summed E-state index contributed by atoms with van der Waals surface area (Å²) in [6.45, 7) is 0. The summed E-state index contributed by atoms with van der Waals surface area (Å²) in [6, 6.07) is 15.5. The number of methoxy groups -OCH3 is 1. The fraction of sp³-hybridized carbons (Fsp3) is 0.167. The van der Waals surface area contributed by atoms with Gasteiger partial charge in [0.1, 0.15) is 11.3 Å². The molecule has 0 saturated heterocycles. The molecule has 1 unspecified atom stereocenters. The average molecular weight is 293 g/mol. The first-order chi connectivity index (χ1) is 10.8. The van der Waals surface area contributed by atoms with Crippen LogP contribution in [-0.2, 0) is 0 Å². The fourth-order valence-corrected chi connectivity index (χ4v) is 2.93. The smallest absolute Gasteiger partial charge is 0.202 e. The van der Waals surface area contributed by atoms with E-state index in [4.69, 9.17) is 9.15 Å². The molecule has 0 amide bonds. The van der Waals surface area contributed by atoms with E-state index in [2.05, 4.69) is 5.32 Å². The molecule has 110 valence electrons. The molecule has 4 nitrogen and oxygen atoms in total. The Morgan fingerprint density at radius 1 is 1.18 bits per heavy atom. The van der Waals surface area contributed by atoms with Crippen LogP contribution in [0.1, 0.15) is 28.6 Å². The van der Waals surface area contributed by atoms with Gasteiger partial charge >= 0.3 is 0 Å². The number of carbonyl (C=O) groups is 1. The van der Waals surface area contributed by atoms with Gasteiger partial charge in [0.25, 0.3) is 0 Å². The van der Waals surface area contributed by atoms with Crippen molar-refractivity contribution in [1.82, 2.24) is 0 Å². The third-order valence-electron chi connectivity index (χ3n) is 4.06. The van der Waals surface area contributed by atoms with E-state index >= 15 is 0 Å². The van der Waals surface area contributed by atoms with E-state index in [9.17, 15) is 4.79 Å². The zero-order valence-electron chi connectivity index (χ0n) is 12.1. The molecule has 4 heteroatoms. The fourth-order valence-electron chi connectivity index (χ4n) is 2.93. The standard InChI is InChI=1S/C18H15NO3/c1-21-12-7-8-16-13(9-12)17-18(22-16)15(20)10-14(19-17)11-5-3-2-4-6-11/h2-9,14,19H,10H2,1H3. The number of hydrogen-bond donors (Lipinski definition) is 1. The second-order valence-electron chi connectivity index (χ2n) is 5.40. The third-order valence-corrected chi connectivity index (χ3v) is 4.06.